The predicted octanol–water partition coefficient (Wildman–Crippen LogP) is 3.97. The Bertz CT molecular complexity index is 513. The summed E-state index contributed by atoms with van der Waals surface area (Å²) in [7, 11) is 0. The van der Waals surface area contributed by atoms with Gasteiger partial charge in [0.05, 0.1) is 12.0 Å². The van der Waals surface area contributed by atoms with Crippen molar-refractivity contribution in [3.8, 4) is 0 Å². The maximum atomic E-state index is 13.6. The summed E-state index contributed by atoms with van der Waals surface area (Å²) in [5.74, 6) is -1.84. The lowest BCUT2D eigenvalue weighted by Gasteiger charge is -2.36. The van der Waals surface area contributed by atoms with Gasteiger partial charge in [-0.15, -0.1) is 0 Å². The second-order valence-corrected chi connectivity index (χ2v) is 5.66. The van der Waals surface area contributed by atoms with E-state index in [9.17, 15) is 22.7 Å². The number of aliphatic hydroxyl groups is 1. The van der Waals surface area contributed by atoms with E-state index in [1.54, 1.807) is 11.8 Å². The zero-order valence-electron chi connectivity index (χ0n) is 12.0. The maximum absolute atomic E-state index is 13.6. The molecule has 0 aromatic heterocycles. The Morgan fingerprint density at radius 3 is 2.57 bits per heavy atom. The van der Waals surface area contributed by atoms with Crippen LogP contribution in [0.15, 0.2) is 12.1 Å². The smallest absolute Gasteiger partial charge is 0.389 e. The van der Waals surface area contributed by atoms with Gasteiger partial charge in [0, 0.05) is 24.3 Å². The number of anilines is 1. The molecular weight excluding hydrogens is 286 g/mol. The summed E-state index contributed by atoms with van der Waals surface area (Å²) in [5.41, 5.74) is 1.20. The molecule has 2 atom stereocenters. The van der Waals surface area contributed by atoms with Crippen molar-refractivity contribution in [2.24, 2.45) is 5.92 Å². The van der Waals surface area contributed by atoms with Crippen LogP contribution in [-0.4, -0.2) is 24.4 Å². The van der Waals surface area contributed by atoms with Gasteiger partial charge in [-0.2, -0.15) is 13.2 Å². The lowest BCUT2D eigenvalue weighted by Crippen LogP contribution is -2.42. The Labute approximate surface area is 121 Å². The van der Waals surface area contributed by atoms with Crippen LogP contribution in [0.1, 0.15) is 37.0 Å². The number of aliphatic hydroxyl groups excluding tert-OH is 1. The van der Waals surface area contributed by atoms with Crippen molar-refractivity contribution in [3.63, 3.8) is 0 Å². The molecule has 2 rings (SSSR count). The van der Waals surface area contributed by atoms with Gasteiger partial charge in [0.15, 0.2) is 0 Å². The van der Waals surface area contributed by atoms with Crippen LogP contribution in [-0.2, 0) is 0 Å². The zero-order chi connectivity index (χ0) is 15.8. The van der Waals surface area contributed by atoms with E-state index in [1.165, 1.54) is 19.1 Å². The number of piperidine rings is 1. The Hall–Kier alpha value is -1.30. The third-order valence-electron chi connectivity index (χ3n) is 3.98. The molecule has 1 aromatic rings. The first-order valence-electron chi connectivity index (χ1n) is 7.00. The summed E-state index contributed by atoms with van der Waals surface area (Å²) in [5, 5.41) is 9.76. The van der Waals surface area contributed by atoms with Gasteiger partial charge in [0.1, 0.15) is 5.82 Å². The van der Waals surface area contributed by atoms with E-state index in [4.69, 9.17) is 0 Å². The highest BCUT2D eigenvalue weighted by atomic mass is 19.4. The number of benzene rings is 1. The standard InChI is InChI=1S/C15H19F4NO/c1-9-6-14(12(10(2)21)7-13(9)16)20-5-3-4-11(8-20)15(17,18)19/h6-7,10-11,21H,3-5,8H2,1-2H3/t10-,11?/m0/s1. The van der Waals surface area contributed by atoms with Crippen LogP contribution in [0, 0.1) is 18.7 Å². The molecule has 1 aliphatic heterocycles. The molecule has 21 heavy (non-hydrogen) atoms. The monoisotopic (exact) mass is 305 g/mol. The molecule has 118 valence electrons. The predicted molar refractivity (Wildman–Crippen MR) is 72.8 cm³/mol. The van der Waals surface area contributed by atoms with Crippen LogP contribution in [0.25, 0.3) is 0 Å². The lowest BCUT2D eigenvalue weighted by atomic mass is 9.95. The molecular formula is C15H19F4NO. The molecule has 6 heteroatoms. The molecule has 1 N–H and O–H groups in total. The van der Waals surface area contributed by atoms with E-state index in [0.717, 1.165) is 0 Å². The SMILES string of the molecule is Cc1cc(N2CCCC(C(F)(F)F)C2)c([C@H](C)O)cc1F. The number of nitrogens with zero attached hydrogens (tertiary/aromatic N) is 1. The van der Waals surface area contributed by atoms with Crippen molar-refractivity contribution in [1.29, 1.82) is 0 Å². The zero-order valence-corrected chi connectivity index (χ0v) is 12.0. The summed E-state index contributed by atoms with van der Waals surface area (Å²) >= 11 is 0. The van der Waals surface area contributed by atoms with Gasteiger partial charge >= 0.3 is 6.18 Å². The van der Waals surface area contributed by atoms with Gasteiger partial charge < -0.3 is 10.0 Å². The lowest BCUT2D eigenvalue weighted by molar-refractivity contribution is -0.176. The largest absolute Gasteiger partial charge is 0.393 e. The highest BCUT2D eigenvalue weighted by Gasteiger charge is 2.42. The van der Waals surface area contributed by atoms with Crippen molar-refractivity contribution in [1.82, 2.24) is 0 Å². The van der Waals surface area contributed by atoms with E-state index in [0.29, 0.717) is 29.8 Å². The van der Waals surface area contributed by atoms with Crippen LogP contribution in [0.3, 0.4) is 0 Å². The molecule has 2 nitrogen and oxygen atoms in total. The molecule has 0 aliphatic carbocycles. The average Bonchev–Trinajstić information content (AvgIpc) is 2.40. The number of aryl methyl sites for hydroxylation is 1. The van der Waals surface area contributed by atoms with Crippen molar-refractivity contribution in [2.75, 3.05) is 18.0 Å². The molecule has 1 saturated heterocycles. The van der Waals surface area contributed by atoms with Crippen LogP contribution in [0.2, 0.25) is 0 Å². The van der Waals surface area contributed by atoms with Crippen LogP contribution >= 0.6 is 0 Å². The van der Waals surface area contributed by atoms with Crippen molar-refractivity contribution >= 4 is 5.69 Å². The Morgan fingerprint density at radius 1 is 1.33 bits per heavy atom. The summed E-state index contributed by atoms with van der Waals surface area (Å²) in [6.45, 7) is 3.39. The summed E-state index contributed by atoms with van der Waals surface area (Å²) in [6, 6.07) is 2.74. The molecule has 0 saturated carbocycles. The first kappa shape index (κ1) is 16.1. The minimum atomic E-state index is -4.22. The Morgan fingerprint density at radius 2 is 2.00 bits per heavy atom. The van der Waals surface area contributed by atoms with Crippen molar-refractivity contribution in [3.05, 3.63) is 29.1 Å². The summed E-state index contributed by atoms with van der Waals surface area (Å²) in [6.07, 6.45) is -4.61. The van der Waals surface area contributed by atoms with Crippen molar-refractivity contribution < 1.29 is 22.7 Å². The minimum absolute atomic E-state index is 0.115. The number of hydrogen-bond acceptors (Lipinski definition) is 2. The first-order chi connectivity index (χ1) is 9.70. The maximum Gasteiger partial charge on any atom is 0.393 e. The van der Waals surface area contributed by atoms with Crippen LogP contribution in [0.5, 0.6) is 0 Å². The highest BCUT2D eigenvalue weighted by molar-refractivity contribution is 5.57. The molecule has 1 unspecified atom stereocenters. The fourth-order valence-corrected chi connectivity index (χ4v) is 2.75. The first-order valence-corrected chi connectivity index (χ1v) is 7.00. The van der Waals surface area contributed by atoms with Crippen molar-refractivity contribution in [2.45, 2.75) is 39.0 Å². The van der Waals surface area contributed by atoms with Crippen LogP contribution < -0.4 is 4.90 Å². The fraction of sp³-hybridized carbons (Fsp3) is 0.600. The highest BCUT2D eigenvalue weighted by Crippen LogP contribution is 2.37. The summed E-state index contributed by atoms with van der Waals surface area (Å²) in [4.78, 5) is 1.61. The molecule has 1 fully saturated rings. The summed E-state index contributed by atoms with van der Waals surface area (Å²) < 4.78 is 52.3. The topological polar surface area (TPSA) is 23.5 Å². The van der Waals surface area contributed by atoms with Gasteiger partial charge in [-0.3, -0.25) is 0 Å². The molecule has 0 bridgehead atoms. The van der Waals surface area contributed by atoms with Gasteiger partial charge in [0.2, 0.25) is 0 Å². The third-order valence-corrected chi connectivity index (χ3v) is 3.98. The molecule has 1 aromatic carbocycles. The number of rotatable bonds is 2. The Kier molecular flexibility index (Phi) is 4.46. The second-order valence-electron chi connectivity index (χ2n) is 5.66. The van der Waals surface area contributed by atoms with Gasteiger partial charge in [-0.05, 0) is 44.4 Å². The van der Waals surface area contributed by atoms with E-state index in [1.807, 2.05) is 0 Å². The molecule has 1 aliphatic rings. The normalized spacial score (nSPS) is 21.5. The Balaban J connectivity index is 2.34. The van der Waals surface area contributed by atoms with Gasteiger partial charge in [0.25, 0.3) is 0 Å². The molecule has 0 spiro atoms. The number of alkyl halides is 3. The quantitative estimate of drug-likeness (QED) is 0.836. The van der Waals surface area contributed by atoms with E-state index < -0.39 is 24.0 Å². The van der Waals surface area contributed by atoms with E-state index in [-0.39, 0.29) is 13.0 Å². The molecule has 0 radical (unpaired) electrons. The second kappa shape index (κ2) is 5.83. The molecule has 0 amide bonds. The third kappa shape index (κ3) is 3.48. The number of hydrogen-bond donors (Lipinski definition) is 1. The van der Waals surface area contributed by atoms with Gasteiger partial charge in [-0.1, -0.05) is 0 Å². The molecule has 1 heterocycles. The van der Waals surface area contributed by atoms with Gasteiger partial charge in [-0.25, -0.2) is 4.39 Å². The van der Waals surface area contributed by atoms with E-state index >= 15 is 0 Å². The fourth-order valence-electron chi connectivity index (χ4n) is 2.75. The minimum Gasteiger partial charge on any atom is -0.389 e. The van der Waals surface area contributed by atoms with Crippen LogP contribution in [0.4, 0.5) is 23.2 Å². The number of halogens is 4. The average molecular weight is 305 g/mol. The van der Waals surface area contributed by atoms with E-state index in [2.05, 4.69) is 0 Å².